The summed E-state index contributed by atoms with van der Waals surface area (Å²) >= 11 is 0. The van der Waals surface area contributed by atoms with Crippen LogP contribution in [0.5, 0.6) is 0 Å². The van der Waals surface area contributed by atoms with Gasteiger partial charge in [0.05, 0.1) is 12.2 Å². The molecule has 18 heavy (non-hydrogen) atoms. The molecule has 1 fully saturated rings. The SMILES string of the molecule is O=C(NC1CC1)c1ccc(C#CCCO)cc1F. The summed E-state index contributed by atoms with van der Waals surface area (Å²) in [7, 11) is 0. The van der Waals surface area contributed by atoms with E-state index in [0.717, 1.165) is 12.8 Å². The van der Waals surface area contributed by atoms with E-state index in [1.54, 1.807) is 6.07 Å². The van der Waals surface area contributed by atoms with E-state index in [1.165, 1.54) is 12.1 Å². The molecular formula is C14H14FNO2. The van der Waals surface area contributed by atoms with Gasteiger partial charge in [0.25, 0.3) is 5.91 Å². The summed E-state index contributed by atoms with van der Waals surface area (Å²) in [5.41, 5.74) is 0.554. The van der Waals surface area contributed by atoms with Gasteiger partial charge in [-0.05, 0) is 31.0 Å². The number of carbonyl (C=O) groups excluding carboxylic acids is 1. The predicted molar refractivity (Wildman–Crippen MR) is 65.5 cm³/mol. The van der Waals surface area contributed by atoms with Crippen molar-refractivity contribution in [3.63, 3.8) is 0 Å². The molecule has 94 valence electrons. The van der Waals surface area contributed by atoms with Crippen molar-refractivity contribution in [2.24, 2.45) is 0 Å². The first-order valence-electron chi connectivity index (χ1n) is 5.91. The summed E-state index contributed by atoms with van der Waals surface area (Å²) in [6, 6.07) is 4.50. The highest BCUT2D eigenvalue weighted by Crippen LogP contribution is 2.20. The summed E-state index contributed by atoms with van der Waals surface area (Å²) in [6.07, 6.45) is 2.29. The smallest absolute Gasteiger partial charge is 0.254 e. The predicted octanol–water partition coefficient (Wildman–Crippen LogP) is 1.45. The van der Waals surface area contributed by atoms with Gasteiger partial charge in [-0.3, -0.25) is 4.79 Å². The molecule has 1 amide bonds. The Kier molecular flexibility index (Phi) is 3.96. The highest BCUT2D eigenvalue weighted by molar-refractivity contribution is 5.94. The Hall–Kier alpha value is -1.86. The summed E-state index contributed by atoms with van der Waals surface area (Å²) in [6.45, 7) is -0.0165. The van der Waals surface area contributed by atoms with E-state index in [4.69, 9.17) is 5.11 Å². The molecule has 0 bridgehead atoms. The zero-order valence-electron chi connectivity index (χ0n) is 9.87. The van der Waals surface area contributed by atoms with Gasteiger partial charge in [0.1, 0.15) is 5.82 Å². The van der Waals surface area contributed by atoms with Crippen molar-refractivity contribution in [1.29, 1.82) is 0 Å². The number of carbonyl (C=O) groups is 1. The molecule has 0 aromatic heterocycles. The van der Waals surface area contributed by atoms with E-state index in [-0.39, 0.29) is 24.1 Å². The van der Waals surface area contributed by atoms with Crippen LogP contribution in [-0.2, 0) is 0 Å². The lowest BCUT2D eigenvalue weighted by Gasteiger charge is -2.04. The van der Waals surface area contributed by atoms with Crippen molar-refractivity contribution in [2.75, 3.05) is 6.61 Å². The first kappa shape index (κ1) is 12.6. The van der Waals surface area contributed by atoms with Crippen LogP contribution in [0.1, 0.15) is 35.2 Å². The number of rotatable bonds is 3. The zero-order valence-corrected chi connectivity index (χ0v) is 9.87. The Bertz CT molecular complexity index is 512. The van der Waals surface area contributed by atoms with E-state index in [9.17, 15) is 9.18 Å². The van der Waals surface area contributed by atoms with Crippen LogP contribution in [0.15, 0.2) is 18.2 Å². The number of aliphatic hydroxyl groups excluding tert-OH is 1. The number of hydrogen-bond acceptors (Lipinski definition) is 2. The van der Waals surface area contributed by atoms with Crippen molar-refractivity contribution in [1.82, 2.24) is 5.32 Å². The molecule has 0 atom stereocenters. The minimum absolute atomic E-state index is 0.0165. The molecule has 0 spiro atoms. The largest absolute Gasteiger partial charge is 0.395 e. The maximum absolute atomic E-state index is 13.7. The highest BCUT2D eigenvalue weighted by Gasteiger charge is 2.24. The van der Waals surface area contributed by atoms with Crippen LogP contribution in [0.3, 0.4) is 0 Å². The zero-order chi connectivity index (χ0) is 13.0. The molecule has 0 saturated heterocycles. The average molecular weight is 247 g/mol. The second-order valence-corrected chi connectivity index (χ2v) is 4.22. The Balaban J connectivity index is 2.09. The van der Waals surface area contributed by atoms with Gasteiger partial charge in [-0.25, -0.2) is 4.39 Å². The number of amides is 1. The molecule has 0 unspecified atom stereocenters. The first-order valence-corrected chi connectivity index (χ1v) is 5.91. The topological polar surface area (TPSA) is 49.3 Å². The molecule has 1 aliphatic rings. The van der Waals surface area contributed by atoms with Crippen LogP contribution in [0, 0.1) is 17.7 Å². The van der Waals surface area contributed by atoms with Crippen molar-refractivity contribution in [3.05, 3.63) is 35.1 Å². The second kappa shape index (κ2) is 5.65. The second-order valence-electron chi connectivity index (χ2n) is 4.22. The number of nitrogens with one attached hydrogen (secondary N) is 1. The lowest BCUT2D eigenvalue weighted by molar-refractivity contribution is 0.0947. The summed E-state index contributed by atoms with van der Waals surface area (Å²) < 4.78 is 13.7. The molecule has 1 aliphatic carbocycles. The van der Waals surface area contributed by atoms with Gasteiger partial charge in [-0.1, -0.05) is 11.8 Å². The van der Waals surface area contributed by atoms with Gasteiger partial charge in [0, 0.05) is 18.0 Å². The van der Waals surface area contributed by atoms with Crippen LogP contribution in [-0.4, -0.2) is 23.7 Å². The van der Waals surface area contributed by atoms with Gasteiger partial charge >= 0.3 is 0 Å². The lowest BCUT2D eigenvalue weighted by atomic mass is 10.1. The Morgan fingerprint density at radius 2 is 2.28 bits per heavy atom. The molecule has 1 aromatic carbocycles. The van der Waals surface area contributed by atoms with Gasteiger partial charge in [0.2, 0.25) is 0 Å². The number of halogens is 1. The van der Waals surface area contributed by atoms with Crippen LogP contribution in [0.4, 0.5) is 4.39 Å². The maximum atomic E-state index is 13.7. The molecule has 2 N–H and O–H groups in total. The third-order valence-electron chi connectivity index (χ3n) is 2.60. The minimum atomic E-state index is -0.566. The van der Waals surface area contributed by atoms with Crippen LogP contribution < -0.4 is 5.32 Å². The van der Waals surface area contributed by atoms with Crippen molar-refractivity contribution in [3.8, 4) is 11.8 Å². The van der Waals surface area contributed by atoms with E-state index in [1.807, 2.05) is 0 Å². The quantitative estimate of drug-likeness (QED) is 0.794. The molecular weight excluding hydrogens is 233 g/mol. The highest BCUT2D eigenvalue weighted by atomic mass is 19.1. The lowest BCUT2D eigenvalue weighted by Crippen LogP contribution is -2.26. The molecule has 1 aromatic rings. The summed E-state index contributed by atoms with van der Waals surface area (Å²) in [4.78, 5) is 11.7. The average Bonchev–Trinajstić information content (AvgIpc) is 3.13. The molecule has 0 radical (unpaired) electrons. The number of hydrogen-bond donors (Lipinski definition) is 2. The van der Waals surface area contributed by atoms with Crippen molar-refractivity contribution < 1.29 is 14.3 Å². The van der Waals surface area contributed by atoms with Crippen LogP contribution in [0.2, 0.25) is 0 Å². The van der Waals surface area contributed by atoms with E-state index >= 15 is 0 Å². The molecule has 3 nitrogen and oxygen atoms in total. The number of benzene rings is 1. The fourth-order valence-corrected chi connectivity index (χ4v) is 1.49. The van der Waals surface area contributed by atoms with E-state index in [0.29, 0.717) is 12.0 Å². The monoisotopic (exact) mass is 247 g/mol. The Labute approximate surface area is 105 Å². The van der Waals surface area contributed by atoms with Gasteiger partial charge in [-0.2, -0.15) is 0 Å². The van der Waals surface area contributed by atoms with Gasteiger partial charge < -0.3 is 10.4 Å². The number of aliphatic hydroxyl groups is 1. The van der Waals surface area contributed by atoms with E-state index in [2.05, 4.69) is 17.2 Å². The van der Waals surface area contributed by atoms with Crippen LogP contribution in [0.25, 0.3) is 0 Å². The van der Waals surface area contributed by atoms with E-state index < -0.39 is 5.82 Å². The minimum Gasteiger partial charge on any atom is -0.395 e. The fourth-order valence-electron chi connectivity index (χ4n) is 1.49. The molecule has 0 heterocycles. The standard InChI is InChI=1S/C14H14FNO2/c15-13-9-10(3-1-2-8-17)4-7-12(13)14(18)16-11-5-6-11/h4,7,9,11,17H,2,5-6,8H2,(H,16,18). The summed E-state index contributed by atoms with van der Waals surface area (Å²) in [5.74, 6) is 4.49. The fraction of sp³-hybridized carbons (Fsp3) is 0.357. The Morgan fingerprint density at radius 1 is 1.50 bits per heavy atom. The maximum Gasteiger partial charge on any atom is 0.254 e. The normalized spacial score (nSPS) is 13.7. The van der Waals surface area contributed by atoms with Crippen molar-refractivity contribution >= 4 is 5.91 Å². The van der Waals surface area contributed by atoms with Crippen molar-refractivity contribution in [2.45, 2.75) is 25.3 Å². The van der Waals surface area contributed by atoms with Gasteiger partial charge in [0.15, 0.2) is 0 Å². The third kappa shape index (κ3) is 3.31. The Morgan fingerprint density at radius 3 is 2.89 bits per heavy atom. The molecule has 2 rings (SSSR count). The van der Waals surface area contributed by atoms with Gasteiger partial charge in [-0.15, -0.1) is 0 Å². The third-order valence-corrected chi connectivity index (χ3v) is 2.60. The first-order chi connectivity index (χ1) is 8.70. The summed E-state index contributed by atoms with van der Waals surface area (Å²) in [5, 5.41) is 11.3. The van der Waals surface area contributed by atoms with Crippen LogP contribution >= 0.6 is 0 Å². The molecule has 0 aliphatic heterocycles. The molecule has 1 saturated carbocycles. The molecule has 4 heteroatoms.